The summed E-state index contributed by atoms with van der Waals surface area (Å²) in [4.78, 5) is 5.50. The van der Waals surface area contributed by atoms with Gasteiger partial charge in [0.15, 0.2) is 0 Å². The Morgan fingerprint density at radius 2 is 1.38 bits per heavy atom. The molecule has 2 aliphatic heterocycles. The van der Waals surface area contributed by atoms with Crippen LogP contribution in [0.5, 0.6) is 5.75 Å². The average Bonchev–Trinajstić information content (AvgIpc) is 3.93. The van der Waals surface area contributed by atoms with E-state index in [1.165, 1.54) is 68.0 Å². The van der Waals surface area contributed by atoms with Gasteiger partial charge in [-0.3, -0.25) is 0 Å². The molecule has 0 aromatic heterocycles. The minimum Gasteiger partial charge on any atom is -0.461 e. The summed E-state index contributed by atoms with van der Waals surface area (Å²) in [6.45, 7) is 0. The van der Waals surface area contributed by atoms with Crippen LogP contribution < -0.4 is 14.5 Å². The molecule has 0 fully saturated rings. The number of allylic oxidation sites excluding steroid dienone is 3. The van der Waals surface area contributed by atoms with Crippen LogP contribution in [0.4, 0.5) is 11.4 Å². The number of ether oxygens (including phenoxy) is 1. The van der Waals surface area contributed by atoms with Gasteiger partial charge in [0.05, 0.1) is 17.5 Å². The molecule has 12 rings (SSSR count). The summed E-state index contributed by atoms with van der Waals surface area (Å²) < 4.78 is 6.49. The third kappa shape index (κ3) is 4.98. The maximum Gasteiger partial charge on any atom is 0.130 e. The van der Waals surface area contributed by atoms with E-state index in [2.05, 4.69) is 198 Å². The molecule has 0 saturated heterocycles. The van der Waals surface area contributed by atoms with Gasteiger partial charge in [-0.2, -0.15) is 0 Å². The second kappa shape index (κ2) is 13.4. The fourth-order valence-corrected chi connectivity index (χ4v) is 11.7. The summed E-state index contributed by atoms with van der Waals surface area (Å²) >= 11 is 0. The summed E-state index contributed by atoms with van der Waals surface area (Å²) in [6, 6.07) is 59.6. The van der Waals surface area contributed by atoms with Gasteiger partial charge in [0, 0.05) is 46.9 Å². The zero-order valence-electron chi connectivity index (χ0n) is 32.6. The molecule has 5 atom stereocenters. The Morgan fingerprint density at radius 1 is 0.672 bits per heavy atom. The minimum atomic E-state index is -0.455. The van der Waals surface area contributed by atoms with Crippen molar-refractivity contribution in [2.75, 3.05) is 9.80 Å². The van der Waals surface area contributed by atoms with Crippen molar-refractivity contribution >= 4 is 11.4 Å². The van der Waals surface area contributed by atoms with Crippen molar-refractivity contribution in [3.8, 4) is 16.9 Å². The molecule has 2 heterocycles. The molecule has 4 aliphatic carbocycles. The molecule has 0 spiro atoms. The van der Waals surface area contributed by atoms with E-state index in [0.29, 0.717) is 12.0 Å². The molecule has 0 radical (unpaired) electrons. The van der Waals surface area contributed by atoms with Crippen LogP contribution in [-0.2, 0) is 5.41 Å². The topological polar surface area (TPSA) is 15.7 Å². The lowest BCUT2D eigenvalue weighted by molar-refractivity contribution is 0.378. The first-order valence-electron chi connectivity index (χ1n) is 21.3. The van der Waals surface area contributed by atoms with Crippen LogP contribution >= 0.6 is 0 Å². The summed E-state index contributed by atoms with van der Waals surface area (Å²) in [7, 11) is 0. The SMILES string of the molecule is C1=CC2C(CC1)C1=C(CC(N(c3ccc4c(c3)C(c3ccccc3)(c3ccccc3)c3ccccc3-4)C3CC=C4Oc5ccccc5C4C3)C=C1)N2c1ccccc1. The summed E-state index contributed by atoms with van der Waals surface area (Å²) in [5.41, 5.74) is 14.4. The monoisotopic (exact) mass is 750 g/mol. The molecule has 6 aliphatic rings. The van der Waals surface area contributed by atoms with Gasteiger partial charge in [0.25, 0.3) is 0 Å². The number of fused-ring (bicyclic) bond motifs is 8. The van der Waals surface area contributed by atoms with Crippen molar-refractivity contribution in [3.63, 3.8) is 0 Å². The number of hydrogen-bond acceptors (Lipinski definition) is 3. The van der Waals surface area contributed by atoms with Crippen LogP contribution in [0.3, 0.4) is 0 Å². The standard InChI is InChI=1S/C55H46N2O/c1-4-16-37(17-5-1)55(38-18-6-2-7-19-38)49-25-13-10-22-43(49)44-31-28-41(35-50(44)55)56(40-30-33-54-48(34-40)47-24-12-15-27-53(47)58-54)42-29-32-46-45-23-11-14-26-51(45)57(52(46)36-42)39-20-8-3-9-21-39/h1-10,12-22,24-29,31-33,35,40,42,45,48,51H,11,23,30,34,36H2. The van der Waals surface area contributed by atoms with Gasteiger partial charge in [-0.25, -0.2) is 0 Å². The van der Waals surface area contributed by atoms with Crippen molar-refractivity contribution in [1.82, 2.24) is 0 Å². The molecule has 6 aromatic rings. The normalized spacial score (nSPS) is 24.2. The molecule has 0 bridgehead atoms. The highest BCUT2D eigenvalue weighted by Gasteiger charge is 2.48. The maximum atomic E-state index is 6.49. The van der Waals surface area contributed by atoms with E-state index in [4.69, 9.17) is 4.74 Å². The number of para-hydroxylation sites is 2. The maximum absolute atomic E-state index is 6.49. The molecule has 0 saturated carbocycles. The van der Waals surface area contributed by atoms with Gasteiger partial charge in [0.1, 0.15) is 11.5 Å². The Bertz CT molecular complexity index is 2630. The molecule has 58 heavy (non-hydrogen) atoms. The van der Waals surface area contributed by atoms with E-state index < -0.39 is 5.41 Å². The zero-order valence-corrected chi connectivity index (χ0v) is 32.6. The van der Waals surface area contributed by atoms with E-state index in [9.17, 15) is 0 Å². The number of nitrogens with zero attached hydrogens (tertiary/aromatic N) is 2. The largest absolute Gasteiger partial charge is 0.461 e. The minimum absolute atomic E-state index is 0.177. The number of benzene rings is 6. The Balaban J connectivity index is 1.03. The molecule has 0 N–H and O–H groups in total. The predicted octanol–water partition coefficient (Wildman–Crippen LogP) is 12.5. The van der Waals surface area contributed by atoms with Crippen LogP contribution in [0.2, 0.25) is 0 Å². The van der Waals surface area contributed by atoms with Crippen molar-refractivity contribution in [2.24, 2.45) is 5.92 Å². The third-order valence-electron chi connectivity index (χ3n) is 14.1. The number of hydrogen-bond donors (Lipinski definition) is 0. The highest BCUT2D eigenvalue weighted by molar-refractivity contribution is 5.88. The Hall–Kier alpha value is -6.32. The molecule has 6 aromatic carbocycles. The van der Waals surface area contributed by atoms with Crippen molar-refractivity contribution in [3.05, 3.63) is 233 Å². The average molecular weight is 751 g/mol. The Morgan fingerprint density at radius 3 is 2.19 bits per heavy atom. The van der Waals surface area contributed by atoms with E-state index in [-0.39, 0.29) is 18.0 Å². The predicted molar refractivity (Wildman–Crippen MR) is 236 cm³/mol. The van der Waals surface area contributed by atoms with Crippen molar-refractivity contribution in [1.29, 1.82) is 0 Å². The number of anilines is 2. The Kier molecular flexibility index (Phi) is 7.80. The molecule has 3 nitrogen and oxygen atoms in total. The Labute approximate surface area is 341 Å². The van der Waals surface area contributed by atoms with Gasteiger partial charge in [-0.15, -0.1) is 0 Å². The highest BCUT2D eigenvalue weighted by atomic mass is 16.5. The van der Waals surface area contributed by atoms with Crippen LogP contribution in [0.15, 0.2) is 205 Å². The molecule has 0 amide bonds. The quantitative estimate of drug-likeness (QED) is 0.157. The number of rotatable bonds is 6. The fourth-order valence-electron chi connectivity index (χ4n) is 11.7. The van der Waals surface area contributed by atoms with Gasteiger partial charge < -0.3 is 14.5 Å². The highest BCUT2D eigenvalue weighted by Crippen LogP contribution is 2.58. The van der Waals surface area contributed by atoms with Crippen molar-refractivity contribution < 1.29 is 4.74 Å². The summed E-state index contributed by atoms with van der Waals surface area (Å²) in [6.07, 6.45) is 17.6. The lowest BCUT2D eigenvalue weighted by atomic mass is 9.67. The molecular weight excluding hydrogens is 705 g/mol. The zero-order chi connectivity index (χ0) is 38.2. The lowest BCUT2D eigenvalue weighted by Crippen LogP contribution is -2.46. The molecule has 5 unspecified atom stereocenters. The van der Waals surface area contributed by atoms with Gasteiger partial charge in [0.2, 0.25) is 0 Å². The van der Waals surface area contributed by atoms with E-state index in [1.54, 1.807) is 0 Å². The van der Waals surface area contributed by atoms with Crippen LogP contribution in [-0.4, -0.2) is 18.1 Å². The summed E-state index contributed by atoms with van der Waals surface area (Å²) in [5.74, 6) is 2.92. The molecular formula is C55H46N2O. The lowest BCUT2D eigenvalue weighted by Gasteiger charge is -2.44. The van der Waals surface area contributed by atoms with Gasteiger partial charge >= 0.3 is 0 Å². The van der Waals surface area contributed by atoms with Gasteiger partial charge in [-0.05, 0) is 101 Å². The molecule has 3 heteroatoms. The third-order valence-corrected chi connectivity index (χ3v) is 14.1. The van der Waals surface area contributed by atoms with E-state index >= 15 is 0 Å². The van der Waals surface area contributed by atoms with Crippen LogP contribution in [0.25, 0.3) is 11.1 Å². The second-order valence-electron chi connectivity index (χ2n) is 16.9. The molecule has 282 valence electrons. The van der Waals surface area contributed by atoms with Crippen LogP contribution in [0, 0.1) is 5.92 Å². The smallest absolute Gasteiger partial charge is 0.130 e. The van der Waals surface area contributed by atoms with Gasteiger partial charge in [-0.1, -0.05) is 152 Å². The first-order valence-corrected chi connectivity index (χ1v) is 21.3. The van der Waals surface area contributed by atoms with Crippen LogP contribution in [0.1, 0.15) is 65.8 Å². The van der Waals surface area contributed by atoms with E-state index in [0.717, 1.165) is 37.2 Å². The first kappa shape index (κ1) is 33.8. The second-order valence-corrected chi connectivity index (χ2v) is 16.9. The first-order chi connectivity index (χ1) is 28.8. The fraction of sp³-hybridized carbons (Fsp3) is 0.200. The van der Waals surface area contributed by atoms with E-state index in [1.807, 2.05) is 0 Å². The summed E-state index contributed by atoms with van der Waals surface area (Å²) in [5, 5.41) is 0. The van der Waals surface area contributed by atoms with Crippen molar-refractivity contribution in [2.45, 2.75) is 61.6 Å².